The molecule has 0 aliphatic rings. The Labute approximate surface area is 106 Å². The van der Waals surface area contributed by atoms with E-state index in [0.717, 1.165) is 21.9 Å². The highest BCUT2D eigenvalue weighted by molar-refractivity contribution is 6.07. The molecule has 0 bridgehead atoms. The molecule has 1 aromatic heterocycles. The number of rotatable bonds is 2. The van der Waals surface area contributed by atoms with Crippen LogP contribution in [0.15, 0.2) is 40.8 Å². The largest absolute Gasteiger partial charge is 0.456 e. The van der Waals surface area contributed by atoms with E-state index in [9.17, 15) is 0 Å². The highest BCUT2D eigenvalue weighted by Crippen LogP contribution is 2.34. The molecule has 0 saturated heterocycles. The van der Waals surface area contributed by atoms with Crippen molar-refractivity contribution in [2.75, 3.05) is 0 Å². The van der Waals surface area contributed by atoms with Gasteiger partial charge in [-0.05, 0) is 30.2 Å². The molecular formula is C16H15NO. The van der Waals surface area contributed by atoms with Crippen LogP contribution in [-0.4, -0.2) is 6.21 Å². The summed E-state index contributed by atoms with van der Waals surface area (Å²) in [6.45, 7) is 4.11. The summed E-state index contributed by atoms with van der Waals surface area (Å²) >= 11 is 0. The Hall–Kier alpha value is -2.09. The number of nitrogens with one attached hydrogen (secondary N) is 1. The lowest BCUT2D eigenvalue weighted by molar-refractivity contribution is 0.668. The van der Waals surface area contributed by atoms with E-state index >= 15 is 0 Å². The Morgan fingerprint density at radius 3 is 2.72 bits per heavy atom. The van der Waals surface area contributed by atoms with E-state index in [2.05, 4.69) is 25.1 Å². The van der Waals surface area contributed by atoms with Crippen LogP contribution in [0.5, 0.6) is 0 Å². The molecule has 2 aromatic carbocycles. The van der Waals surface area contributed by atoms with Crippen LogP contribution < -0.4 is 0 Å². The molecule has 1 unspecified atom stereocenters. The second-order valence-electron chi connectivity index (χ2n) is 4.78. The van der Waals surface area contributed by atoms with Gasteiger partial charge in [0.25, 0.3) is 0 Å². The van der Waals surface area contributed by atoms with Gasteiger partial charge < -0.3 is 9.83 Å². The first-order valence-electron chi connectivity index (χ1n) is 6.13. The summed E-state index contributed by atoms with van der Waals surface area (Å²) < 4.78 is 5.89. The molecule has 0 saturated carbocycles. The Balaban J connectivity index is 2.49. The van der Waals surface area contributed by atoms with Gasteiger partial charge in [0.2, 0.25) is 0 Å². The lowest BCUT2D eigenvalue weighted by Gasteiger charge is -2.08. The normalized spacial score (nSPS) is 13.0. The van der Waals surface area contributed by atoms with Crippen LogP contribution in [0.25, 0.3) is 21.9 Å². The maximum absolute atomic E-state index is 7.50. The summed E-state index contributed by atoms with van der Waals surface area (Å²) in [6.07, 6.45) is 1.48. The van der Waals surface area contributed by atoms with Crippen molar-refractivity contribution >= 4 is 28.2 Å². The van der Waals surface area contributed by atoms with Gasteiger partial charge in [0.05, 0.1) is 0 Å². The van der Waals surface area contributed by atoms with E-state index in [1.807, 2.05) is 25.1 Å². The van der Waals surface area contributed by atoms with E-state index in [1.54, 1.807) is 0 Å². The third kappa shape index (κ3) is 1.53. The van der Waals surface area contributed by atoms with Crippen LogP contribution in [0.3, 0.4) is 0 Å². The fourth-order valence-corrected chi connectivity index (χ4v) is 2.48. The monoisotopic (exact) mass is 237 g/mol. The predicted molar refractivity (Wildman–Crippen MR) is 75.7 cm³/mol. The molecule has 2 heteroatoms. The first-order valence-corrected chi connectivity index (χ1v) is 6.13. The summed E-state index contributed by atoms with van der Waals surface area (Å²) in [4.78, 5) is 0. The van der Waals surface area contributed by atoms with Gasteiger partial charge in [0.15, 0.2) is 0 Å². The van der Waals surface area contributed by atoms with Gasteiger partial charge in [-0.1, -0.05) is 31.2 Å². The lowest BCUT2D eigenvalue weighted by Crippen LogP contribution is -1.95. The number of para-hydroxylation sites is 1. The fraction of sp³-hybridized carbons (Fsp3) is 0.188. The molecule has 3 rings (SSSR count). The summed E-state index contributed by atoms with van der Waals surface area (Å²) in [5.74, 6) is 0.105. The van der Waals surface area contributed by atoms with Crippen LogP contribution in [0.1, 0.15) is 24.0 Å². The molecule has 90 valence electrons. The third-order valence-corrected chi connectivity index (χ3v) is 3.39. The molecule has 0 fully saturated rings. The molecule has 2 nitrogen and oxygen atoms in total. The zero-order valence-electron chi connectivity index (χ0n) is 10.5. The van der Waals surface area contributed by atoms with Crippen molar-refractivity contribution in [3.05, 3.63) is 47.5 Å². The molecule has 1 heterocycles. The second kappa shape index (κ2) is 3.98. The maximum Gasteiger partial charge on any atom is 0.135 e. The Morgan fingerprint density at radius 2 is 1.94 bits per heavy atom. The predicted octanol–water partition coefficient (Wildman–Crippen LogP) is 4.65. The molecule has 0 amide bonds. The highest BCUT2D eigenvalue weighted by Gasteiger charge is 2.14. The number of fused-ring (bicyclic) bond motifs is 3. The molecule has 3 aromatic rings. The Kier molecular flexibility index (Phi) is 2.44. The minimum atomic E-state index is 0.105. The van der Waals surface area contributed by atoms with Crippen LogP contribution in [0.4, 0.5) is 0 Å². The Morgan fingerprint density at radius 1 is 1.17 bits per heavy atom. The fourth-order valence-electron chi connectivity index (χ4n) is 2.48. The number of benzene rings is 2. The van der Waals surface area contributed by atoms with E-state index in [0.29, 0.717) is 0 Å². The Bertz CT molecular complexity index is 739. The van der Waals surface area contributed by atoms with E-state index < -0.39 is 0 Å². The van der Waals surface area contributed by atoms with Crippen LogP contribution in [0.2, 0.25) is 0 Å². The molecule has 1 atom stereocenters. The first-order chi connectivity index (χ1) is 8.70. The minimum absolute atomic E-state index is 0.105. The van der Waals surface area contributed by atoms with Gasteiger partial charge >= 0.3 is 0 Å². The van der Waals surface area contributed by atoms with Crippen molar-refractivity contribution in [1.82, 2.24) is 0 Å². The quantitative estimate of drug-likeness (QED) is 0.647. The van der Waals surface area contributed by atoms with E-state index in [-0.39, 0.29) is 5.92 Å². The standard InChI is InChI=1S/C16H15NO/c1-10-7-13(11(2)9-17)16-12-5-3-4-6-14(12)18-15(16)8-10/h3-9,11,17H,1-2H3. The van der Waals surface area contributed by atoms with Gasteiger partial charge in [0.1, 0.15) is 11.2 Å². The maximum atomic E-state index is 7.50. The molecule has 1 N–H and O–H groups in total. The summed E-state index contributed by atoms with van der Waals surface area (Å²) in [7, 11) is 0. The number of hydrogen-bond acceptors (Lipinski definition) is 2. The van der Waals surface area contributed by atoms with Gasteiger partial charge in [-0.25, -0.2) is 0 Å². The number of aryl methyl sites for hydroxylation is 1. The van der Waals surface area contributed by atoms with E-state index in [4.69, 9.17) is 9.83 Å². The van der Waals surface area contributed by atoms with Gasteiger partial charge in [-0.3, -0.25) is 0 Å². The first kappa shape index (κ1) is 11.0. The van der Waals surface area contributed by atoms with Crippen molar-refractivity contribution in [3.8, 4) is 0 Å². The van der Waals surface area contributed by atoms with Gasteiger partial charge in [-0.2, -0.15) is 0 Å². The lowest BCUT2D eigenvalue weighted by atomic mass is 9.95. The molecular weight excluding hydrogens is 222 g/mol. The molecule has 0 aliphatic heterocycles. The zero-order chi connectivity index (χ0) is 12.7. The topological polar surface area (TPSA) is 37.0 Å². The number of hydrogen-bond donors (Lipinski definition) is 1. The van der Waals surface area contributed by atoms with E-state index in [1.165, 1.54) is 17.3 Å². The van der Waals surface area contributed by atoms with Crippen LogP contribution in [0, 0.1) is 12.3 Å². The van der Waals surface area contributed by atoms with Crippen molar-refractivity contribution in [3.63, 3.8) is 0 Å². The minimum Gasteiger partial charge on any atom is -0.456 e. The smallest absolute Gasteiger partial charge is 0.135 e. The van der Waals surface area contributed by atoms with Crippen LogP contribution >= 0.6 is 0 Å². The van der Waals surface area contributed by atoms with Gasteiger partial charge in [-0.15, -0.1) is 0 Å². The number of furan rings is 1. The van der Waals surface area contributed by atoms with Crippen molar-refractivity contribution in [2.24, 2.45) is 0 Å². The molecule has 0 spiro atoms. The van der Waals surface area contributed by atoms with Crippen molar-refractivity contribution in [1.29, 1.82) is 5.41 Å². The summed E-state index contributed by atoms with van der Waals surface area (Å²) in [5.41, 5.74) is 4.17. The van der Waals surface area contributed by atoms with Crippen molar-refractivity contribution in [2.45, 2.75) is 19.8 Å². The SMILES string of the molecule is Cc1cc(C(C)C=N)c2c(c1)oc1ccccc12. The molecule has 18 heavy (non-hydrogen) atoms. The van der Waals surface area contributed by atoms with Crippen molar-refractivity contribution < 1.29 is 4.42 Å². The summed E-state index contributed by atoms with van der Waals surface area (Å²) in [5, 5.41) is 9.78. The average molecular weight is 237 g/mol. The second-order valence-corrected chi connectivity index (χ2v) is 4.78. The average Bonchev–Trinajstić information content (AvgIpc) is 2.74. The summed E-state index contributed by atoms with van der Waals surface area (Å²) in [6, 6.07) is 12.3. The van der Waals surface area contributed by atoms with Gasteiger partial charge in [0, 0.05) is 22.9 Å². The molecule has 0 radical (unpaired) electrons. The molecule has 0 aliphatic carbocycles. The highest BCUT2D eigenvalue weighted by atomic mass is 16.3. The third-order valence-electron chi connectivity index (χ3n) is 3.39. The zero-order valence-corrected chi connectivity index (χ0v) is 10.5. The van der Waals surface area contributed by atoms with Crippen LogP contribution in [-0.2, 0) is 0 Å².